The SMILES string of the molecule is Clc1ccc(C(CBr)OCC2CCCCO2)cc1. The molecule has 100 valence electrons. The highest BCUT2D eigenvalue weighted by atomic mass is 79.9. The number of hydrogen-bond acceptors (Lipinski definition) is 2. The third kappa shape index (κ3) is 4.23. The van der Waals surface area contributed by atoms with Crippen LogP contribution in [0.2, 0.25) is 5.02 Å². The lowest BCUT2D eigenvalue weighted by Gasteiger charge is -2.25. The fraction of sp³-hybridized carbons (Fsp3) is 0.571. The van der Waals surface area contributed by atoms with E-state index in [9.17, 15) is 0 Å². The van der Waals surface area contributed by atoms with Crippen molar-refractivity contribution in [3.8, 4) is 0 Å². The van der Waals surface area contributed by atoms with Crippen molar-refractivity contribution in [2.24, 2.45) is 0 Å². The van der Waals surface area contributed by atoms with Crippen molar-refractivity contribution in [2.75, 3.05) is 18.5 Å². The molecule has 1 aromatic carbocycles. The van der Waals surface area contributed by atoms with Crippen LogP contribution in [0.3, 0.4) is 0 Å². The average Bonchev–Trinajstić information content (AvgIpc) is 2.42. The summed E-state index contributed by atoms with van der Waals surface area (Å²) in [6.07, 6.45) is 3.85. The third-order valence-electron chi connectivity index (χ3n) is 3.14. The lowest BCUT2D eigenvalue weighted by atomic mass is 10.1. The maximum atomic E-state index is 5.94. The second-order valence-corrected chi connectivity index (χ2v) is 5.60. The Morgan fingerprint density at radius 2 is 2.11 bits per heavy atom. The molecule has 0 aliphatic carbocycles. The van der Waals surface area contributed by atoms with Crippen LogP contribution >= 0.6 is 27.5 Å². The van der Waals surface area contributed by atoms with Gasteiger partial charge in [0.1, 0.15) is 0 Å². The van der Waals surface area contributed by atoms with E-state index in [1.54, 1.807) is 0 Å². The van der Waals surface area contributed by atoms with Crippen molar-refractivity contribution in [2.45, 2.75) is 31.5 Å². The van der Waals surface area contributed by atoms with E-state index in [1.165, 1.54) is 12.8 Å². The van der Waals surface area contributed by atoms with Gasteiger partial charge in [-0.15, -0.1) is 0 Å². The number of hydrogen-bond donors (Lipinski definition) is 0. The van der Waals surface area contributed by atoms with Gasteiger partial charge in [0.2, 0.25) is 0 Å². The molecule has 0 saturated carbocycles. The Hall–Kier alpha value is -0.0900. The smallest absolute Gasteiger partial charge is 0.0922 e. The molecule has 1 fully saturated rings. The first-order valence-corrected chi connectivity index (χ1v) is 7.84. The maximum Gasteiger partial charge on any atom is 0.0922 e. The largest absolute Gasteiger partial charge is 0.376 e. The molecule has 0 spiro atoms. The Morgan fingerprint density at radius 1 is 1.33 bits per heavy atom. The van der Waals surface area contributed by atoms with E-state index < -0.39 is 0 Å². The molecular formula is C14H18BrClO2. The van der Waals surface area contributed by atoms with Crippen molar-refractivity contribution >= 4 is 27.5 Å². The number of rotatable bonds is 5. The standard InChI is InChI=1S/C14H18BrClO2/c15-9-14(11-4-6-12(16)7-5-11)18-10-13-3-1-2-8-17-13/h4-7,13-14H,1-3,8-10H2. The summed E-state index contributed by atoms with van der Waals surface area (Å²) in [5.41, 5.74) is 1.15. The minimum atomic E-state index is 0.0628. The van der Waals surface area contributed by atoms with Gasteiger partial charge in [0, 0.05) is 17.0 Å². The molecule has 2 rings (SSSR count). The summed E-state index contributed by atoms with van der Waals surface area (Å²) >= 11 is 9.38. The molecule has 1 heterocycles. The summed E-state index contributed by atoms with van der Waals surface area (Å²) in [4.78, 5) is 0. The zero-order valence-corrected chi connectivity index (χ0v) is 12.6. The summed E-state index contributed by atoms with van der Waals surface area (Å²) in [7, 11) is 0. The van der Waals surface area contributed by atoms with Crippen LogP contribution in [0.1, 0.15) is 30.9 Å². The molecule has 0 radical (unpaired) electrons. The Morgan fingerprint density at radius 3 is 2.72 bits per heavy atom. The van der Waals surface area contributed by atoms with E-state index >= 15 is 0 Å². The second kappa shape index (κ2) is 7.49. The van der Waals surface area contributed by atoms with E-state index in [0.29, 0.717) is 6.61 Å². The van der Waals surface area contributed by atoms with E-state index in [2.05, 4.69) is 15.9 Å². The van der Waals surface area contributed by atoms with Crippen molar-refractivity contribution in [3.63, 3.8) is 0 Å². The van der Waals surface area contributed by atoms with E-state index in [1.807, 2.05) is 24.3 Å². The van der Waals surface area contributed by atoms with Crippen LogP contribution in [-0.4, -0.2) is 24.6 Å². The fourth-order valence-corrected chi connectivity index (χ4v) is 2.76. The number of alkyl halides is 1. The first-order valence-electron chi connectivity index (χ1n) is 6.34. The zero-order valence-electron chi connectivity index (χ0n) is 10.3. The van der Waals surface area contributed by atoms with Gasteiger partial charge >= 0.3 is 0 Å². The Labute approximate surface area is 122 Å². The molecule has 0 N–H and O–H groups in total. The minimum Gasteiger partial charge on any atom is -0.376 e. The van der Waals surface area contributed by atoms with Crippen molar-refractivity contribution in [1.29, 1.82) is 0 Å². The molecule has 2 atom stereocenters. The third-order valence-corrected chi connectivity index (χ3v) is 3.98. The molecule has 1 aliphatic heterocycles. The molecule has 0 aromatic heterocycles. The summed E-state index contributed by atoms with van der Waals surface area (Å²) in [6.45, 7) is 1.53. The molecule has 0 amide bonds. The van der Waals surface area contributed by atoms with Crippen LogP contribution < -0.4 is 0 Å². The number of ether oxygens (including phenoxy) is 2. The van der Waals surface area contributed by atoms with Gasteiger partial charge in [-0.3, -0.25) is 0 Å². The zero-order chi connectivity index (χ0) is 12.8. The minimum absolute atomic E-state index is 0.0628. The van der Waals surface area contributed by atoms with Crippen molar-refractivity contribution in [3.05, 3.63) is 34.9 Å². The maximum absolute atomic E-state index is 5.94. The van der Waals surface area contributed by atoms with Gasteiger partial charge in [-0.2, -0.15) is 0 Å². The monoisotopic (exact) mass is 332 g/mol. The quantitative estimate of drug-likeness (QED) is 0.745. The van der Waals surface area contributed by atoms with E-state index in [-0.39, 0.29) is 12.2 Å². The molecule has 0 bridgehead atoms. The predicted octanol–water partition coefficient (Wildman–Crippen LogP) is 4.36. The second-order valence-electron chi connectivity index (χ2n) is 4.52. The topological polar surface area (TPSA) is 18.5 Å². The normalized spacial score (nSPS) is 21.8. The fourth-order valence-electron chi connectivity index (χ4n) is 2.07. The molecule has 2 nitrogen and oxygen atoms in total. The van der Waals surface area contributed by atoms with Crippen LogP contribution in [0.4, 0.5) is 0 Å². The first kappa shape index (κ1) is 14.3. The van der Waals surface area contributed by atoms with E-state index in [4.69, 9.17) is 21.1 Å². The molecular weight excluding hydrogens is 316 g/mol. The van der Waals surface area contributed by atoms with Gasteiger partial charge in [-0.25, -0.2) is 0 Å². The molecule has 18 heavy (non-hydrogen) atoms. The molecule has 1 aliphatic rings. The van der Waals surface area contributed by atoms with Crippen molar-refractivity contribution in [1.82, 2.24) is 0 Å². The molecule has 2 unspecified atom stereocenters. The van der Waals surface area contributed by atoms with Crippen LogP contribution in [0, 0.1) is 0 Å². The van der Waals surface area contributed by atoms with Crippen LogP contribution in [0.25, 0.3) is 0 Å². The average molecular weight is 334 g/mol. The van der Waals surface area contributed by atoms with Crippen LogP contribution in [-0.2, 0) is 9.47 Å². The summed E-state index contributed by atoms with van der Waals surface area (Å²) in [6, 6.07) is 7.81. The number of halogens is 2. The van der Waals surface area contributed by atoms with Gasteiger partial charge in [0.15, 0.2) is 0 Å². The van der Waals surface area contributed by atoms with Gasteiger partial charge in [0.05, 0.1) is 18.8 Å². The van der Waals surface area contributed by atoms with Gasteiger partial charge in [-0.05, 0) is 37.0 Å². The summed E-state index contributed by atoms with van der Waals surface area (Å²) in [5.74, 6) is 0. The first-order chi connectivity index (χ1) is 8.79. The Bertz CT molecular complexity index is 349. The van der Waals surface area contributed by atoms with Gasteiger partial charge in [0.25, 0.3) is 0 Å². The van der Waals surface area contributed by atoms with Crippen molar-refractivity contribution < 1.29 is 9.47 Å². The van der Waals surface area contributed by atoms with Crippen LogP contribution in [0.15, 0.2) is 24.3 Å². The molecule has 1 saturated heterocycles. The highest BCUT2D eigenvalue weighted by Crippen LogP contribution is 2.23. The summed E-state index contributed by atoms with van der Waals surface area (Å²) < 4.78 is 11.6. The lowest BCUT2D eigenvalue weighted by Crippen LogP contribution is -2.25. The molecule has 4 heteroatoms. The highest BCUT2D eigenvalue weighted by molar-refractivity contribution is 9.09. The van der Waals surface area contributed by atoms with Gasteiger partial charge < -0.3 is 9.47 Å². The van der Waals surface area contributed by atoms with Gasteiger partial charge in [-0.1, -0.05) is 39.7 Å². The number of benzene rings is 1. The molecule has 1 aromatic rings. The highest BCUT2D eigenvalue weighted by Gasteiger charge is 2.17. The predicted molar refractivity (Wildman–Crippen MR) is 77.5 cm³/mol. The Kier molecular flexibility index (Phi) is 5.96. The van der Waals surface area contributed by atoms with E-state index in [0.717, 1.165) is 28.9 Å². The Balaban J connectivity index is 1.86. The summed E-state index contributed by atoms with van der Waals surface area (Å²) in [5, 5.41) is 1.53. The lowest BCUT2D eigenvalue weighted by molar-refractivity contribution is -0.0585. The van der Waals surface area contributed by atoms with Crippen LogP contribution in [0.5, 0.6) is 0 Å².